The third-order valence-electron chi connectivity index (χ3n) is 4.11. The van der Waals surface area contributed by atoms with Crippen LogP contribution in [0.5, 0.6) is 11.5 Å². The van der Waals surface area contributed by atoms with Crippen LogP contribution in [0.2, 0.25) is 0 Å². The number of methoxy groups -OCH3 is 1. The molecule has 1 amide bonds. The molecule has 1 heterocycles. The molecule has 28 heavy (non-hydrogen) atoms. The van der Waals surface area contributed by atoms with Crippen LogP contribution < -0.4 is 10.1 Å². The van der Waals surface area contributed by atoms with E-state index in [1.807, 2.05) is 0 Å². The molecule has 0 radical (unpaired) electrons. The fourth-order valence-corrected chi connectivity index (χ4v) is 2.77. The van der Waals surface area contributed by atoms with Gasteiger partial charge < -0.3 is 24.8 Å². The number of ether oxygens (including phenoxy) is 2. The Morgan fingerprint density at radius 1 is 1.21 bits per heavy atom. The molecule has 0 aliphatic carbocycles. The summed E-state index contributed by atoms with van der Waals surface area (Å²) < 4.78 is 23.4. The van der Waals surface area contributed by atoms with Crippen LogP contribution in [0, 0.1) is 5.82 Å². The Bertz CT molecular complexity index is 911. The van der Waals surface area contributed by atoms with E-state index in [-0.39, 0.29) is 36.8 Å². The van der Waals surface area contributed by atoms with Crippen LogP contribution in [0.25, 0.3) is 0 Å². The summed E-state index contributed by atoms with van der Waals surface area (Å²) in [5.41, 5.74) is 0.806. The van der Waals surface area contributed by atoms with Crippen LogP contribution in [-0.4, -0.2) is 48.7 Å². The number of amides is 1. The lowest BCUT2D eigenvalue weighted by Crippen LogP contribution is -2.31. The van der Waals surface area contributed by atoms with Crippen molar-refractivity contribution in [3.05, 3.63) is 65.6 Å². The number of β-amino-alcohol motifs (C(OH)–C–C–N with tert-alkyl or cyclic N) is 1. The van der Waals surface area contributed by atoms with Gasteiger partial charge in [0.15, 0.2) is 0 Å². The highest BCUT2D eigenvalue weighted by Crippen LogP contribution is 2.27. The van der Waals surface area contributed by atoms with E-state index < -0.39 is 11.9 Å². The Kier molecular flexibility index (Phi) is 5.90. The minimum atomic E-state index is -0.616. The first-order valence-electron chi connectivity index (χ1n) is 8.54. The smallest absolute Gasteiger partial charge is 0.337 e. The molecule has 2 aromatic rings. The molecule has 2 N–H and O–H groups in total. The number of aliphatic hydroxyl groups excluding tert-OH is 1. The van der Waals surface area contributed by atoms with Crippen LogP contribution in [0.1, 0.15) is 0 Å². The molecule has 0 aromatic heterocycles. The normalized spacial score (nSPS) is 13.7. The summed E-state index contributed by atoms with van der Waals surface area (Å²) in [5, 5.41) is 12.1. The van der Waals surface area contributed by atoms with Crippen LogP contribution in [0.3, 0.4) is 0 Å². The van der Waals surface area contributed by atoms with Crippen molar-refractivity contribution in [3.8, 4) is 11.5 Å². The summed E-state index contributed by atoms with van der Waals surface area (Å²) in [6, 6.07) is 12.4. The largest absolute Gasteiger partial charge is 0.466 e. The number of esters is 1. The summed E-state index contributed by atoms with van der Waals surface area (Å²) in [4.78, 5) is 25.9. The SMILES string of the molecule is COC(=O)C1=C(Nc2cccc(Oc3ccc(F)cc3)c2)C(=O)N(CCO)C1. The highest BCUT2D eigenvalue weighted by atomic mass is 19.1. The van der Waals surface area contributed by atoms with Gasteiger partial charge in [0.05, 0.1) is 25.8 Å². The van der Waals surface area contributed by atoms with Crippen LogP contribution in [-0.2, 0) is 14.3 Å². The monoisotopic (exact) mass is 386 g/mol. The Balaban J connectivity index is 1.82. The van der Waals surface area contributed by atoms with E-state index in [2.05, 4.69) is 5.32 Å². The summed E-state index contributed by atoms with van der Waals surface area (Å²) in [5.74, 6) is -0.458. The van der Waals surface area contributed by atoms with E-state index in [4.69, 9.17) is 14.6 Å². The molecule has 0 bridgehead atoms. The van der Waals surface area contributed by atoms with E-state index >= 15 is 0 Å². The second-order valence-electron chi connectivity index (χ2n) is 6.00. The highest BCUT2D eigenvalue weighted by molar-refractivity contribution is 6.08. The number of halogens is 1. The average Bonchev–Trinajstić information content (AvgIpc) is 3.00. The quantitative estimate of drug-likeness (QED) is 0.710. The molecule has 0 saturated carbocycles. The molecule has 0 spiro atoms. The molecule has 1 aliphatic heterocycles. The predicted octanol–water partition coefficient (Wildman–Crippen LogP) is 2.29. The summed E-state index contributed by atoms with van der Waals surface area (Å²) >= 11 is 0. The number of nitrogens with one attached hydrogen (secondary N) is 1. The molecule has 0 saturated heterocycles. The first-order valence-corrected chi connectivity index (χ1v) is 8.54. The summed E-state index contributed by atoms with van der Waals surface area (Å²) in [6.07, 6.45) is 0. The Labute approximate surface area is 161 Å². The lowest BCUT2D eigenvalue weighted by Gasteiger charge is -2.15. The van der Waals surface area contributed by atoms with Gasteiger partial charge in [-0.2, -0.15) is 0 Å². The highest BCUT2D eigenvalue weighted by Gasteiger charge is 2.34. The minimum absolute atomic E-state index is 0.0557. The first-order chi connectivity index (χ1) is 13.5. The Morgan fingerprint density at radius 3 is 2.64 bits per heavy atom. The number of carbonyl (C=O) groups is 2. The van der Waals surface area contributed by atoms with Gasteiger partial charge in [-0.1, -0.05) is 6.07 Å². The third kappa shape index (κ3) is 4.29. The molecule has 146 valence electrons. The van der Waals surface area contributed by atoms with Gasteiger partial charge >= 0.3 is 5.97 Å². The fraction of sp³-hybridized carbons (Fsp3) is 0.200. The van der Waals surface area contributed by atoms with Crippen LogP contribution >= 0.6 is 0 Å². The topological polar surface area (TPSA) is 88.1 Å². The van der Waals surface area contributed by atoms with Crippen molar-refractivity contribution in [2.24, 2.45) is 0 Å². The number of benzene rings is 2. The molecule has 3 rings (SSSR count). The summed E-state index contributed by atoms with van der Waals surface area (Å²) in [6.45, 7) is -0.0487. The van der Waals surface area contributed by atoms with Crippen LogP contribution in [0.15, 0.2) is 59.8 Å². The van der Waals surface area contributed by atoms with Crippen molar-refractivity contribution in [1.82, 2.24) is 4.90 Å². The van der Waals surface area contributed by atoms with Gasteiger partial charge in [0.1, 0.15) is 23.0 Å². The summed E-state index contributed by atoms with van der Waals surface area (Å²) in [7, 11) is 1.24. The number of hydrogen-bond acceptors (Lipinski definition) is 6. The van der Waals surface area contributed by atoms with E-state index in [9.17, 15) is 14.0 Å². The molecule has 8 heteroatoms. The van der Waals surface area contributed by atoms with Gasteiger partial charge in [-0.25, -0.2) is 9.18 Å². The van der Waals surface area contributed by atoms with Crippen molar-refractivity contribution < 1.29 is 28.6 Å². The zero-order valence-electron chi connectivity index (χ0n) is 15.1. The number of hydrogen-bond donors (Lipinski definition) is 2. The second-order valence-corrected chi connectivity index (χ2v) is 6.00. The number of aliphatic hydroxyl groups is 1. The molecule has 0 atom stereocenters. The third-order valence-corrected chi connectivity index (χ3v) is 4.11. The maximum atomic E-state index is 13.0. The van der Waals surface area contributed by atoms with Gasteiger partial charge in [0, 0.05) is 18.3 Å². The van der Waals surface area contributed by atoms with Crippen LogP contribution in [0.4, 0.5) is 10.1 Å². The van der Waals surface area contributed by atoms with Gasteiger partial charge in [-0.15, -0.1) is 0 Å². The lowest BCUT2D eigenvalue weighted by atomic mass is 10.2. The van der Waals surface area contributed by atoms with Crippen molar-refractivity contribution in [2.45, 2.75) is 0 Å². The Morgan fingerprint density at radius 2 is 1.96 bits per heavy atom. The number of anilines is 1. The van der Waals surface area contributed by atoms with Crippen molar-refractivity contribution >= 4 is 17.6 Å². The van der Waals surface area contributed by atoms with Crippen molar-refractivity contribution in [2.75, 3.05) is 32.1 Å². The molecule has 1 aliphatic rings. The standard InChI is InChI=1S/C20H19FN2O5/c1-27-20(26)17-12-23(9-10-24)19(25)18(17)22-14-3-2-4-16(11-14)28-15-7-5-13(21)6-8-15/h2-8,11,22,24H,9-10,12H2,1H3. The van der Waals surface area contributed by atoms with E-state index in [0.29, 0.717) is 17.2 Å². The minimum Gasteiger partial charge on any atom is -0.466 e. The number of rotatable bonds is 7. The van der Waals surface area contributed by atoms with Gasteiger partial charge in [-0.05, 0) is 36.4 Å². The maximum absolute atomic E-state index is 13.0. The average molecular weight is 386 g/mol. The van der Waals surface area contributed by atoms with Crippen molar-refractivity contribution in [3.63, 3.8) is 0 Å². The lowest BCUT2D eigenvalue weighted by molar-refractivity contribution is -0.136. The fourth-order valence-electron chi connectivity index (χ4n) is 2.77. The maximum Gasteiger partial charge on any atom is 0.337 e. The first kappa shape index (κ1) is 19.4. The van der Waals surface area contributed by atoms with Gasteiger partial charge in [0.25, 0.3) is 5.91 Å². The van der Waals surface area contributed by atoms with E-state index in [0.717, 1.165) is 0 Å². The van der Waals surface area contributed by atoms with Crippen molar-refractivity contribution in [1.29, 1.82) is 0 Å². The number of nitrogens with zero attached hydrogens (tertiary/aromatic N) is 1. The molecular weight excluding hydrogens is 367 g/mol. The van der Waals surface area contributed by atoms with E-state index in [1.165, 1.54) is 36.3 Å². The van der Waals surface area contributed by atoms with E-state index in [1.54, 1.807) is 24.3 Å². The molecular formula is C20H19FN2O5. The van der Waals surface area contributed by atoms with Gasteiger partial charge in [-0.3, -0.25) is 4.79 Å². The molecule has 2 aromatic carbocycles. The van der Waals surface area contributed by atoms with Gasteiger partial charge in [0.2, 0.25) is 0 Å². The molecule has 0 fully saturated rings. The second kappa shape index (κ2) is 8.53. The zero-order valence-corrected chi connectivity index (χ0v) is 15.1. The zero-order chi connectivity index (χ0) is 20.1. The Hall–Kier alpha value is -3.39. The molecule has 0 unspecified atom stereocenters. The predicted molar refractivity (Wildman–Crippen MR) is 99.2 cm³/mol. The molecule has 7 nitrogen and oxygen atoms in total. The number of carbonyl (C=O) groups excluding carboxylic acids is 2.